The van der Waals surface area contributed by atoms with Gasteiger partial charge in [0.05, 0.1) is 13.2 Å². The lowest BCUT2D eigenvalue weighted by Crippen LogP contribution is -2.29. The highest BCUT2D eigenvalue weighted by molar-refractivity contribution is 7.47. The Hall–Kier alpha value is -2.03. The van der Waals surface area contributed by atoms with Crippen LogP contribution in [0.2, 0.25) is 0 Å². The molecule has 0 radical (unpaired) electrons. The molecule has 9 nitrogen and oxygen atoms in total. The van der Waals surface area contributed by atoms with Crippen molar-refractivity contribution < 1.29 is 37.6 Å². The summed E-state index contributed by atoms with van der Waals surface area (Å²) in [5, 5.41) is 2.82. The Kier molecular flexibility index (Phi) is 37.2. The molecule has 0 aliphatic rings. The summed E-state index contributed by atoms with van der Waals surface area (Å²) in [6.07, 6.45) is 41.5. The molecule has 0 aliphatic carbocycles. The van der Waals surface area contributed by atoms with Crippen LogP contribution in [0, 0.1) is 0 Å². The highest BCUT2D eigenvalue weighted by Crippen LogP contribution is 2.43. The second-order valence-electron chi connectivity index (χ2n) is 13.5. The number of likely N-dealkylation sites (N-methyl/N-ethyl adjacent to an activating group) is 1. The van der Waals surface area contributed by atoms with Gasteiger partial charge in [0.15, 0.2) is 6.10 Å². The number of allylic oxidation sites excluding steroid dienone is 8. The maximum Gasteiger partial charge on any atom is 0.472 e. The second kappa shape index (κ2) is 38.7. The van der Waals surface area contributed by atoms with Crippen molar-refractivity contribution >= 4 is 19.8 Å². The zero-order chi connectivity index (χ0) is 38.2. The average Bonchev–Trinajstić information content (AvgIpc) is 3.12. The summed E-state index contributed by atoms with van der Waals surface area (Å²) in [6, 6.07) is 0. The highest BCUT2D eigenvalue weighted by Gasteiger charge is 2.26. The van der Waals surface area contributed by atoms with Crippen LogP contribution >= 0.6 is 7.82 Å². The van der Waals surface area contributed by atoms with E-state index in [0.29, 0.717) is 19.4 Å². The van der Waals surface area contributed by atoms with E-state index >= 15 is 0 Å². The van der Waals surface area contributed by atoms with Gasteiger partial charge in [-0.2, -0.15) is 0 Å². The van der Waals surface area contributed by atoms with Gasteiger partial charge in [0.1, 0.15) is 6.61 Å². The van der Waals surface area contributed by atoms with Gasteiger partial charge >= 0.3 is 19.8 Å². The zero-order valence-electron chi connectivity index (χ0n) is 33.2. The fourth-order valence-corrected chi connectivity index (χ4v) is 6.01. The molecule has 0 saturated carbocycles. The van der Waals surface area contributed by atoms with E-state index < -0.39 is 32.5 Å². The zero-order valence-corrected chi connectivity index (χ0v) is 34.1. The summed E-state index contributed by atoms with van der Waals surface area (Å²) in [6.45, 7) is 4.13. The summed E-state index contributed by atoms with van der Waals surface area (Å²) in [7, 11) is -2.66. The molecule has 0 heterocycles. The first-order valence-electron chi connectivity index (χ1n) is 20.6. The molecule has 302 valence electrons. The molecule has 0 aromatic carbocycles. The Balaban J connectivity index is 4.31. The van der Waals surface area contributed by atoms with Gasteiger partial charge in [-0.1, -0.05) is 127 Å². The summed E-state index contributed by atoms with van der Waals surface area (Å²) < 4.78 is 33.1. The normalized spacial score (nSPS) is 13.8. The lowest BCUT2D eigenvalue weighted by molar-refractivity contribution is -0.161. The number of rotatable bonds is 38. The molecular weight excluding hydrogens is 677 g/mol. The molecule has 0 rings (SSSR count). The molecule has 52 heavy (non-hydrogen) atoms. The molecule has 2 N–H and O–H groups in total. The first kappa shape index (κ1) is 50.0. The van der Waals surface area contributed by atoms with Gasteiger partial charge in [-0.3, -0.25) is 18.6 Å². The summed E-state index contributed by atoms with van der Waals surface area (Å²) in [5.74, 6) is -0.845. The number of nitrogens with one attached hydrogen (secondary N) is 1. The van der Waals surface area contributed by atoms with Crippen molar-refractivity contribution in [3.05, 3.63) is 48.6 Å². The van der Waals surface area contributed by atoms with Crippen molar-refractivity contribution in [1.82, 2.24) is 5.32 Å². The first-order valence-corrected chi connectivity index (χ1v) is 22.1. The van der Waals surface area contributed by atoms with Crippen LogP contribution in [0.3, 0.4) is 0 Å². The van der Waals surface area contributed by atoms with Gasteiger partial charge < -0.3 is 19.7 Å². The molecular formula is C42H76NO8P. The minimum atomic E-state index is -4.35. The third kappa shape index (κ3) is 37.7. The van der Waals surface area contributed by atoms with E-state index in [2.05, 4.69) is 67.8 Å². The fraction of sp³-hybridized carbons (Fsp3) is 0.762. The molecule has 0 amide bonds. The molecule has 10 heteroatoms. The number of ether oxygens (including phenoxy) is 2. The highest BCUT2D eigenvalue weighted by atomic mass is 31.2. The predicted molar refractivity (Wildman–Crippen MR) is 215 cm³/mol. The smallest absolute Gasteiger partial charge is 0.462 e. The van der Waals surface area contributed by atoms with Crippen molar-refractivity contribution in [1.29, 1.82) is 0 Å². The molecule has 0 aliphatic heterocycles. The summed E-state index contributed by atoms with van der Waals surface area (Å²) in [5.41, 5.74) is 0. The average molecular weight is 754 g/mol. The Morgan fingerprint density at radius 3 is 1.60 bits per heavy atom. The minimum Gasteiger partial charge on any atom is -0.462 e. The van der Waals surface area contributed by atoms with Gasteiger partial charge in [0, 0.05) is 19.4 Å². The molecule has 2 unspecified atom stereocenters. The molecule has 0 spiro atoms. The van der Waals surface area contributed by atoms with E-state index in [0.717, 1.165) is 70.6 Å². The van der Waals surface area contributed by atoms with E-state index in [1.807, 2.05) is 0 Å². The van der Waals surface area contributed by atoms with Crippen LogP contribution in [0.1, 0.15) is 168 Å². The number of phosphoric acid groups is 1. The van der Waals surface area contributed by atoms with Crippen molar-refractivity contribution in [3.63, 3.8) is 0 Å². The monoisotopic (exact) mass is 754 g/mol. The Labute approximate surface area is 318 Å². The number of carbonyl (C=O) groups is 2. The van der Waals surface area contributed by atoms with E-state index in [1.54, 1.807) is 7.05 Å². The lowest BCUT2D eigenvalue weighted by Gasteiger charge is -2.20. The third-order valence-corrected chi connectivity index (χ3v) is 9.41. The Morgan fingerprint density at radius 2 is 1.04 bits per heavy atom. The first-order chi connectivity index (χ1) is 25.3. The van der Waals surface area contributed by atoms with Crippen LogP contribution in [-0.2, 0) is 32.7 Å². The van der Waals surface area contributed by atoms with Crippen LogP contribution < -0.4 is 5.32 Å². The Morgan fingerprint density at radius 1 is 0.596 bits per heavy atom. The van der Waals surface area contributed by atoms with Crippen molar-refractivity contribution in [2.45, 2.75) is 174 Å². The number of carbonyl (C=O) groups excluding carboxylic acids is 2. The molecule has 0 aromatic rings. The summed E-state index contributed by atoms with van der Waals surface area (Å²) >= 11 is 0. The van der Waals surface area contributed by atoms with E-state index in [4.69, 9.17) is 18.5 Å². The molecule has 2 atom stereocenters. The number of hydrogen-bond donors (Lipinski definition) is 2. The summed E-state index contributed by atoms with van der Waals surface area (Å²) in [4.78, 5) is 35.0. The van der Waals surface area contributed by atoms with Gasteiger partial charge in [0.25, 0.3) is 0 Å². The van der Waals surface area contributed by atoms with E-state index in [-0.39, 0.29) is 26.1 Å². The topological polar surface area (TPSA) is 120 Å². The molecule has 0 bridgehead atoms. The van der Waals surface area contributed by atoms with Crippen LogP contribution in [-0.4, -0.2) is 56.3 Å². The largest absolute Gasteiger partial charge is 0.472 e. The lowest BCUT2D eigenvalue weighted by atomic mass is 10.1. The maximum absolute atomic E-state index is 12.6. The van der Waals surface area contributed by atoms with E-state index in [9.17, 15) is 19.0 Å². The van der Waals surface area contributed by atoms with Crippen LogP contribution in [0.4, 0.5) is 0 Å². The standard InChI is InChI=1S/C42H76NO8P/c1-4-6-8-10-12-14-16-18-19-20-21-23-24-26-28-30-32-34-41(44)48-38-40(39-50-52(46,47)49-37-36-43-3)51-42(45)35-33-31-29-27-25-22-17-15-13-11-9-7-5-2/h12,14-15,17-19,21,23,40,43H,4-11,13,16,20,22,24-39H2,1-3H3,(H,46,47)/b14-12-,17-15-,19-18-,23-21-. The number of esters is 2. The van der Waals surface area contributed by atoms with Gasteiger partial charge in [0.2, 0.25) is 0 Å². The Bertz CT molecular complexity index is 996. The predicted octanol–water partition coefficient (Wildman–Crippen LogP) is 11.4. The molecule has 0 saturated heterocycles. The maximum atomic E-state index is 12.6. The van der Waals surface area contributed by atoms with Gasteiger partial charge in [-0.15, -0.1) is 0 Å². The minimum absolute atomic E-state index is 0.0238. The van der Waals surface area contributed by atoms with Crippen LogP contribution in [0.5, 0.6) is 0 Å². The molecule has 0 fully saturated rings. The van der Waals surface area contributed by atoms with Crippen molar-refractivity contribution in [2.75, 3.05) is 33.4 Å². The number of hydrogen-bond acceptors (Lipinski definition) is 8. The second-order valence-corrected chi connectivity index (χ2v) is 14.9. The third-order valence-electron chi connectivity index (χ3n) is 8.42. The van der Waals surface area contributed by atoms with Crippen LogP contribution in [0.15, 0.2) is 48.6 Å². The van der Waals surface area contributed by atoms with E-state index in [1.165, 1.54) is 57.8 Å². The molecule has 0 aromatic heterocycles. The SMILES string of the molecule is CCCCC/C=C\C/C=C\C/C=C\CCCCCCC(=O)OCC(COP(=O)(O)OCCNC)OC(=O)CCCCCCC/C=C\CCCCCC. The van der Waals surface area contributed by atoms with Crippen LogP contribution in [0.25, 0.3) is 0 Å². The van der Waals surface area contributed by atoms with Crippen molar-refractivity contribution in [3.8, 4) is 0 Å². The fourth-order valence-electron chi connectivity index (χ4n) is 5.26. The number of unbranched alkanes of at least 4 members (excludes halogenated alkanes) is 16. The number of phosphoric ester groups is 1. The van der Waals surface area contributed by atoms with Gasteiger partial charge in [-0.25, -0.2) is 4.57 Å². The van der Waals surface area contributed by atoms with Gasteiger partial charge in [-0.05, 0) is 84.1 Å². The van der Waals surface area contributed by atoms with Crippen molar-refractivity contribution in [2.24, 2.45) is 0 Å². The quantitative estimate of drug-likeness (QED) is 0.0275.